The summed E-state index contributed by atoms with van der Waals surface area (Å²) in [6.45, 7) is 6.03. The van der Waals surface area contributed by atoms with Gasteiger partial charge in [-0.1, -0.05) is 0 Å². The van der Waals surface area contributed by atoms with E-state index in [2.05, 4.69) is 5.32 Å². The number of carbonyl (C=O) groups is 2. The van der Waals surface area contributed by atoms with Gasteiger partial charge in [-0.25, -0.2) is 4.39 Å². The fourth-order valence-corrected chi connectivity index (χ4v) is 2.37. The molecule has 0 saturated carbocycles. The Balaban J connectivity index is 1.88. The molecule has 5 nitrogen and oxygen atoms in total. The molecular weight excluding hydrogens is 273 g/mol. The highest BCUT2D eigenvalue weighted by Gasteiger charge is 2.26. The van der Waals surface area contributed by atoms with Crippen LogP contribution < -0.4 is 5.32 Å². The molecule has 0 radical (unpaired) electrons. The monoisotopic (exact) mass is 293 g/mol. The first kappa shape index (κ1) is 15.4. The number of benzene rings is 1. The van der Waals surface area contributed by atoms with Crippen LogP contribution in [-0.2, 0) is 9.59 Å². The molecule has 1 atom stereocenters. The molecule has 1 N–H and O–H groups in total. The average molecular weight is 293 g/mol. The van der Waals surface area contributed by atoms with Crippen LogP contribution >= 0.6 is 0 Å². The lowest BCUT2D eigenvalue weighted by Crippen LogP contribution is -2.53. The molecule has 0 aliphatic carbocycles. The molecule has 1 aliphatic rings. The van der Waals surface area contributed by atoms with Crippen LogP contribution in [0, 0.1) is 5.82 Å². The zero-order chi connectivity index (χ0) is 15.4. The second kappa shape index (κ2) is 6.67. The molecule has 114 valence electrons. The van der Waals surface area contributed by atoms with Crippen LogP contribution in [0.3, 0.4) is 0 Å². The van der Waals surface area contributed by atoms with Gasteiger partial charge in [0, 0.05) is 38.8 Å². The maximum atomic E-state index is 12.8. The molecule has 1 aromatic carbocycles. The molecule has 0 spiro atoms. The molecular formula is C15H20FN3O2. The zero-order valence-electron chi connectivity index (χ0n) is 12.3. The molecule has 2 amide bonds. The zero-order valence-corrected chi connectivity index (χ0v) is 12.3. The van der Waals surface area contributed by atoms with Crippen molar-refractivity contribution in [3.63, 3.8) is 0 Å². The van der Waals surface area contributed by atoms with Gasteiger partial charge in [-0.2, -0.15) is 0 Å². The van der Waals surface area contributed by atoms with Crippen molar-refractivity contribution in [3.05, 3.63) is 30.1 Å². The van der Waals surface area contributed by atoms with Crippen LogP contribution in [0.2, 0.25) is 0 Å². The molecule has 1 saturated heterocycles. The SMILES string of the molecule is CC(=O)N1CCN(C(C)C(=O)Nc2ccc(F)cc2)CC1. The first-order valence-electron chi connectivity index (χ1n) is 7.03. The lowest BCUT2D eigenvalue weighted by atomic mass is 10.2. The fourth-order valence-electron chi connectivity index (χ4n) is 2.37. The fraction of sp³-hybridized carbons (Fsp3) is 0.467. The number of amides is 2. The molecule has 21 heavy (non-hydrogen) atoms. The Hall–Kier alpha value is -1.95. The molecule has 1 aliphatic heterocycles. The second-order valence-corrected chi connectivity index (χ2v) is 5.21. The van der Waals surface area contributed by atoms with Gasteiger partial charge in [-0.05, 0) is 31.2 Å². The normalized spacial score (nSPS) is 17.4. The van der Waals surface area contributed by atoms with Crippen molar-refractivity contribution in [2.45, 2.75) is 19.9 Å². The third-order valence-corrected chi connectivity index (χ3v) is 3.80. The van der Waals surface area contributed by atoms with Crippen LogP contribution in [0.25, 0.3) is 0 Å². The van der Waals surface area contributed by atoms with Gasteiger partial charge >= 0.3 is 0 Å². The minimum Gasteiger partial charge on any atom is -0.340 e. The maximum absolute atomic E-state index is 12.8. The van der Waals surface area contributed by atoms with Gasteiger partial charge in [-0.3, -0.25) is 14.5 Å². The molecule has 0 bridgehead atoms. The Morgan fingerprint density at radius 2 is 1.71 bits per heavy atom. The Labute approximate surface area is 123 Å². The van der Waals surface area contributed by atoms with Gasteiger partial charge in [0.15, 0.2) is 0 Å². The van der Waals surface area contributed by atoms with E-state index in [-0.39, 0.29) is 23.7 Å². The highest BCUT2D eigenvalue weighted by molar-refractivity contribution is 5.94. The number of rotatable bonds is 3. The summed E-state index contributed by atoms with van der Waals surface area (Å²) >= 11 is 0. The predicted octanol–water partition coefficient (Wildman–Crippen LogP) is 1.32. The van der Waals surface area contributed by atoms with Crippen LogP contribution in [0.5, 0.6) is 0 Å². The van der Waals surface area contributed by atoms with Crippen LogP contribution in [-0.4, -0.2) is 53.8 Å². The number of nitrogens with one attached hydrogen (secondary N) is 1. The van der Waals surface area contributed by atoms with E-state index >= 15 is 0 Å². The highest BCUT2D eigenvalue weighted by atomic mass is 19.1. The summed E-state index contributed by atoms with van der Waals surface area (Å²) in [5.41, 5.74) is 0.579. The number of carbonyl (C=O) groups excluding carboxylic acids is 2. The van der Waals surface area contributed by atoms with Gasteiger partial charge in [0.25, 0.3) is 0 Å². The van der Waals surface area contributed by atoms with E-state index < -0.39 is 0 Å². The van der Waals surface area contributed by atoms with Crippen molar-refractivity contribution in [2.75, 3.05) is 31.5 Å². The molecule has 0 aromatic heterocycles. The first-order valence-corrected chi connectivity index (χ1v) is 7.03. The lowest BCUT2D eigenvalue weighted by molar-refractivity contribution is -0.131. The topological polar surface area (TPSA) is 52.7 Å². The molecule has 6 heteroatoms. The van der Waals surface area contributed by atoms with Crippen molar-refractivity contribution >= 4 is 17.5 Å². The van der Waals surface area contributed by atoms with Gasteiger partial charge in [0.2, 0.25) is 11.8 Å². The molecule has 1 unspecified atom stereocenters. The van der Waals surface area contributed by atoms with Crippen molar-refractivity contribution in [1.29, 1.82) is 0 Å². The smallest absolute Gasteiger partial charge is 0.241 e. The number of hydrogen-bond donors (Lipinski definition) is 1. The van der Waals surface area contributed by atoms with Gasteiger partial charge in [0.1, 0.15) is 5.82 Å². The maximum Gasteiger partial charge on any atom is 0.241 e. The Morgan fingerprint density at radius 3 is 2.24 bits per heavy atom. The average Bonchev–Trinajstić information content (AvgIpc) is 2.49. The minimum absolute atomic E-state index is 0.0677. The van der Waals surface area contributed by atoms with E-state index in [1.165, 1.54) is 24.3 Å². The summed E-state index contributed by atoms with van der Waals surface area (Å²) in [5, 5.41) is 2.77. The Morgan fingerprint density at radius 1 is 1.14 bits per heavy atom. The second-order valence-electron chi connectivity index (χ2n) is 5.21. The summed E-state index contributed by atoms with van der Waals surface area (Å²) in [4.78, 5) is 27.3. The van der Waals surface area contributed by atoms with Crippen LogP contribution in [0.15, 0.2) is 24.3 Å². The lowest BCUT2D eigenvalue weighted by Gasteiger charge is -2.37. The molecule has 1 heterocycles. The summed E-state index contributed by atoms with van der Waals surface area (Å²) in [6, 6.07) is 5.41. The molecule has 1 aromatic rings. The van der Waals surface area contributed by atoms with Gasteiger partial charge < -0.3 is 10.2 Å². The summed E-state index contributed by atoms with van der Waals surface area (Å²) in [7, 11) is 0. The van der Waals surface area contributed by atoms with E-state index in [1.54, 1.807) is 11.8 Å². The number of hydrogen-bond acceptors (Lipinski definition) is 3. The van der Waals surface area contributed by atoms with E-state index in [0.717, 1.165) is 0 Å². The number of halogens is 1. The number of piperazine rings is 1. The quantitative estimate of drug-likeness (QED) is 0.914. The largest absolute Gasteiger partial charge is 0.340 e. The molecule has 2 rings (SSSR count). The summed E-state index contributed by atoms with van der Waals surface area (Å²) in [5.74, 6) is -0.391. The number of anilines is 1. The van der Waals surface area contributed by atoms with E-state index in [1.807, 2.05) is 11.8 Å². The van der Waals surface area contributed by atoms with Gasteiger partial charge in [0.05, 0.1) is 6.04 Å². The van der Waals surface area contributed by atoms with Crippen molar-refractivity contribution in [2.24, 2.45) is 0 Å². The third kappa shape index (κ3) is 4.01. The minimum atomic E-state index is -0.332. The van der Waals surface area contributed by atoms with E-state index in [9.17, 15) is 14.0 Å². The van der Waals surface area contributed by atoms with Crippen LogP contribution in [0.1, 0.15) is 13.8 Å². The first-order chi connectivity index (χ1) is 9.97. The van der Waals surface area contributed by atoms with Crippen molar-refractivity contribution < 1.29 is 14.0 Å². The predicted molar refractivity (Wildman–Crippen MR) is 78.3 cm³/mol. The third-order valence-electron chi connectivity index (χ3n) is 3.80. The molecule has 1 fully saturated rings. The van der Waals surface area contributed by atoms with Crippen molar-refractivity contribution in [1.82, 2.24) is 9.80 Å². The van der Waals surface area contributed by atoms with E-state index in [0.29, 0.717) is 31.9 Å². The highest BCUT2D eigenvalue weighted by Crippen LogP contribution is 2.12. The van der Waals surface area contributed by atoms with Crippen molar-refractivity contribution in [3.8, 4) is 0 Å². The summed E-state index contributed by atoms with van der Waals surface area (Å²) in [6.07, 6.45) is 0. The Bertz CT molecular complexity index is 510. The Kier molecular flexibility index (Phi) is 4.90. The summed E-state index contributed by atoms with van der Waals surface area (Å²) < 4.78 is 12.8. The van der Waals surface area contributed by atoms with E-state index in [4.69, 9.17) is 0 Å². The number of nitrogens with zero attached hydrogens (tertiary/aromatic N) is 2. The van der Waals surface area contributed by atoms with Gasteiger partial charge in [-0.15, -0.1) is 0 Å². The standard InChI is InChI=1S/C15H20FN3O2/c1-11(18-7-9-19(10-8-18)12(2)20)15(21)17-14-5-3-13(16)4-6-14/h3-6,11H,7-10H2,1-2H3,(H,17,21). The van der Waals surface area contributed by atoms with Crippen LogP contribution in [0.4, 0.5) is 10.1 Å².